The van der Waals surface area contributed by atoms with Crippen LogP contribution in [0.4, 0.5) is 0 Å². The monoisotopic (exact) mass is 191 g/mol. The average molecular weight is 191 g/mol. The lowest BCUT2D eigenvalue weighted by Gasteiger charge is -2.01. The van der Waals surface area contributed by atoms with Crippen LogP contribution in [0, 0.1) is 0 Å². The van der Waals surface area contributed by atoms with Gasteiger partial charge in [-0.05, 0) is 11.4 Å². The van der Waals surface area contributed by atoms with Gasteiger partial charge in [0, 0.05) is 29.4 Å². The zero-order valence-electron chi connectivity index (χ0n) is 7.01. The van der Waals surface area contributed by atoms with Gasteiger partial charge in [0.15, 0.2) is 5.43 Å². The number of rotatable bonds is 2. The summed E-state index contributed by atoms with van der Waals surface area (Å²) in [6, 6.07) is 7.27. The number of hydrogen-bond acceptors (Lipinski definition) is 2. The summed E-state index contributed by atoms with van der Waals surface area (Å²) in [6.07, 6.45) is 3.62. The van der Waals surface area contributed by atoms with Crippen molar-refractivity contribution >= 4 is 11.3 Å². The van der Waals surface area contributed by atoms with Gasteiger partial charge in [-0.1, -0.05) is 6.07 Å². The molecule has 13 heavy (non-hydrogen) atoms. The van der Waals surface area contributed by atoms with E-state index in [1.54, 1.807) is 23.5 Å². The van der Waals surface area contributed by atoms with Crippen LogP contribution < -0.4 is 5.43 Å². The Balaban J connectivity index is 2.19. The molecule has 3 heteroatoms. The first-order valence-corrected chi connectivity index (χ1v) is 4.91. The highest BCUT2D eigenvalue weighted by Crippen LogP contribution is 2.09. The van der Waals surface area contributed by atoms with Crippen molar-refractivity contribution < 1.29 is 0 Å². The lowest BCUT2D eigenvalue weighted by Crippen LogP contribution is -2.03. The summed E-state index contributed by atoms with van der Waals surface area (Å²) in [5.74, 6) is 0. The molecule has 2 nitrogen and oxygen atoms in total. The van der Waals surface area contributed by atoms with E-state index in [1.807, 2.05) is 23.0 Å². The summed E-state index contributed by atoms with van der Waals surface area (Å²) >= 11 is 1.72. The summed E-state index contributed by atoms with van der Waals surface area (Å²) in [7, 11) is 0. The van der Waals surface area contributed by atoms with Crippen LogP contribution >= 0.6 is 11.3 Å². The van der Waals surface area contributed by atoms with Gasteiger partial charge in [0.25, 0.3) is 0 Å². The molecule has 0 spiro atoms. The molecular weight excluding hydrogens is 182 g/mol. The van der Waals surface area contributed by atoms with Crippen LogP contribution in [0.25, 0.3) is 0 Å². The van der Waals surface area contributed by atoms with Crippen molar-refractivity contribution in [2.24, 2.45) is 0 Å². The summed E-state index contributed by atoms with van der Waals surface area (Å²) in [5.41, 5.74) is 0.0578. The van der Waals surface area contributed by atoms with E-state index in [0.717, 1.165) is 6.54 Å². The van der Waals surface area contributed by atoms with E-state index in [2.05, 4.69) is 11.4 Å². The molecule has 2 aromatic rings. The van der Waals surface area contributed by atoms with Crippen LogP contribution in [-0.4, -0.2) is 4.57 Å². The Kier molecular flexibility index (Phi) is 2.27. The first kappa shape index (κ1) is 8.26. The highest BCUT2D eigenvalue weighted by molar-refractivity contribution is 7.09. The molecule has 0 amide bonds. The molecule has 0 aliphatic rings. The van der Waals surface area contributed by atoms with Crippen molar-refractivity contribution in [1.29, 1.82) is 0 Å². The van der Waals surface area contributed by atoms with Crippen LogP contribution in [0.5, 0.6) is 0 Å². The molecular formula is C10H9NOS. The number of hydrogen-bond donors (Lipinski definition) is 0. The Morgan fingerprint density at radius 2 is 2.00 bits per heavy atom. The molecule has 2 rings (SSSR count). The van der Waals surface area contributed by atoms with Gasteiger partial charge < -0.3 is 4.57 Å². The molecule has 0 atom stereocenters. The fourth-order valence-corrected chi connectivity index (χ4v) is 1.84. The molecule has 0 unspecified atom stereocenters. The SMILES string of the molecule is O=c1ccn(Cc2cccs2)cc1. The lowest BCUT2D eigenvalue weighted by atomic mass is 10.4. The summed E-state index contributed by atoms with van der Waals surface area (Å²) in [6.45, 7) is 0.845. The molecule has 2 aromatic heterocycles. The third-order valence-electron chi connectivity index (χ3n) is 1.78. The standard InChI is InChI=1S/C10H9NOS/c12-9-3-5-11(6-4-9)8-10-2-1-7-13-10/h1-7H,8H2. The molecule has 0 aliphatic carbocycles. The predicted molar refractivity (Wildman–Crippen MR) is 54.1 cm³/mol. The lowest BCUT2D eigenvalue weighted by molar-refractivity contribution is 0.801. The molecule has 0 saturated carbocycles. The van der Waals surface area contributed by atoms with Crippen molar-refractivity contribution in [2.45, 2.75) is 6.54 Å². The summed E-state index contributed by atoms with van der Waals surface area (Å²) in [4.78, 5) is 12.1. The molecule has 0 aromatic carbocycles. The van der Waals surface area contributed by atoms with E-state index in [4.69, 9.17) is 0 Å². The van der Waals surface area contributed by atoms with Crippen LogP contribution in [0.2, 0.25) is 0 Å². The average Bonchev–Trinajstić information content (AvgIpc) is 2.62. The van der Waals surface area contributed by atoms with E-state index in [0.29, 0.717) is 0 Å². The fraction of sp³-hybridized carbons (Fsp3) is 0.100. The predicted octanol–water partition coefficient (Wildman–Crippen LogP) is 1.96. The Morgan fingerprint density at radius 1 is 1.23 bits per heavy atom. The summed E-state index contributed by atoms with van der Waals surface area (Å²) in [5, 5.41) is 2.05. The third-order valence-corrected chi connectivity index (χ3v) is 2.64. The highest BCUT2D eigenvalue weighted by Gasteiger charge is 1.93. The van der Waals surface area contributed by atoms with Crippen molar-refractivity contribution in [3.8, 4) is 0 Å². The molecule has 66 valence electrons. The minimum Gasteiger partial charge on any atom is -0.349 e. The zero-order valence-corrected chi connectivity index (χ0v) is 7.83. The summed E-state index contributed by atoms with van der Waals surface area (Å²) < 4.78 is 1.99. The van der Waals surface area contributed by atoms with Gasteiger partial charge in [-0.25, -0.2) is 0 Å². The van der Waals surface area contributed by atoms with Crippen molar-refractivity contribution in [3.05, 3.63) is 57.1 Å². The maximum atomic E-state index is 10.8. The maximum absolute atomic E-state index is 10.8. The maximum Gasteiger partial charge on any atom is 0.181 e. The molecule has 0 bridgehead atoms. The van der Waals surface area contributed by atoms with E-state index < -0.39 is 0 Å². The van der Waals surface area contributed by atoms with Gasteiger partial charge in [-0.3, -0.25) is 4.79 Å². The first-order chi connectivity index (χ1) is 6.34. The van der Waals surface area contributed by atoms with Crippen LogP contribution in [-0.2, 0) is 6.54 Å². The van der Waals surface area contributed by atoms with Gasteiger partial charge in [0.1, 0.15) is 0 Å². The second-order valence-electron chi connectivity index (χ2n) is 2.79. The number of pyridine rings is 1. The van der Waals surface area contributed by atoms with Gasteiger partial charge in [0.05, 0.1) is 6.54 Å². The Labute approximate surface area is 80.1 Å². The zero-order chi connectivity index (χ0) is 9.10. The minimum absolute atomic E-state index is 0.0578. The van der Waals surface area contributed by atoms with Crippen molar-refractivity contribution in [2.75, 3.05) is 0 Å². The second-order valence-corrected chi connectivity index (χ2v) is 3.82. The van der Waals surface area contributed by atoms with E-state index in [1.165, 1.54) is 4.88 Å². The Morgan fingerprint density at radius 3 is 2.62 bits per heavy atom. The fourth-order valence-electron chi connectivity index (χ4n) is 1.13. The van der Waals surface area contributed by atoms with E-state index >= 15 is 0 Å². The highest BCUT2D eigenvalue weighted by atomic mass is 32.1. The van der Waals surface area contributed by atoms with Crippen molar-refractivity contribution in [3.63, 3.8) is 0 Å². The van der Waals surface area contributed by atoms with Gasteiger partial charge >= 0.3 is 0 Å². The number of thiophene rings is 1. The molecule has 0 aliphatic heterocycles. The molecule has 0 saturated heterocycles. The normalized spacial score (nSPS) is 10.2. The van der Waals surface area contributed by atoms with Crippen LogP contribution in [0.15, 0.2) is 46.8 Å². The molecule has 2 heterocycles. The van der Waals surface area contributed by atoms with E-state index in [-0.39, 0.29) is 5.43 Å². The van der Waals surface area contributed by atoms with Crippen molar-refractivity contribution in [1.82, 2.24) is 4.57 Å². The van der Waals surface area contributed by atoms with Gasteiger partial charge in [0.2, 0.25) is 0 Å². The Bertz CT molecular complexity index is 410. The van der Waals surface area contributed by atoms with Crippen LogP contribution in [0.3, 0.4) is 0 Å². The second kappa shape index (κ2) is 3.58. The largest absolute Gasteiger partial charge is 0.349 e. The number of nitrogens with zero attached hydrogens (tertiary/aromatic N) is 1. The van der Waals surface area contributed by atoms with Crippen LogP contribution in [0.1, 0.15) is 4.88 Å². The van der Waals surface area contributed by atoms with Gasteiger partial charge in [-0.2, -0.15) is 0 Å². The quantitative estimate of drug-likeness (QED) is 0.711. The molecule has 0 radical (unpaired) electrons. The Hall–Kier alpha value is -1.35. The molecule has 0 fully saturated rings. The topological polar surface area (TPSA) is 22.0 Å². The van der Waals surface area contributed by atoms with Gasteiger partial charge in [-0.15, -0.1) is 11.3 Å². The smallest absolute Gasteiger partial charge is 0.181 e. The molecule has 0 N–H and O–H groups in total. The third kappa shape index (κ3) is 2.06. The van der Waals surface area contributed by atoms with E-state index in [9.17, 15) is 4.79 Å². The number of aromatic nitrogens is 1. The first-order valence-electron chi connectivity index (χ1n) is 4.03. The minimum atomic E-state index is 0.0578.